The van der Waals surface area contributed by atoms with Crippen molar-refractivity contribution in [2.45, 2.75) is 32.4 Å². The molecular weight excluding hydrogens is 541 g/mol. The number of hydrogen-bond donors (Lipinski definition) is 3. The van der Waals surface area contributed by atoms with Crippen LogP contribution in [-0.4, -0.2) is 65.4 Å². The standard InChI is InChI=1S/C27H30N4O3.C2HF3O2/c1-19-15-22(18-28)8-10-25(19)30-11-13-31(14-12-30)27(33)23-9-7-21(17-24(23)26(32)29-34)16-20-5-3-2-4-6-20;3-2(4,5)1(6)7/h2-6,8,10,15-16,23-24,34H,7,9,11-14,17H2,1H3,(H,29,32);(H,6,7)/t23-,24-;/m0./s1. The summed E-state index contributed by atoms with van der Waals surface area (Å²) in [5.41, 5.74) is 6.73. The number of carbonyl (C=O) groups is 3. The number of carboxylic acids is 1. The molecule has 0 radical (unpaired) electrons. The molecule has 0 aromatic heterocycles. The second-order valence-electron chi connectivity index (χ2n) is 9.87. The van der Waals surface area contributed by atoms with E-state index in [-0.39, 0.29) is 5.91 Å². The molecule has 2 fully saturated rings. The molecular formula is C29H31F3N4O5. The summed E-state index contributed by atoms with van der Waals surface area (Å²) in [6.45, 7) is 4.54. The first kappa shape index (κ1) is 31.2. The van der Waals surface area contributed by atoms with Crippen molar-refractivity contribution in [1.29, 1.82) is 5.26 Å². The van der Waals surface area contributed by atoms with Crippen molar-refractivity contribution < 1.29 is 37.9 Å². The third kappa shape index (κ3) is 8.31. The fourth-order valence-electron chi connectivity index (χ4n) is 5.12. The third-order valence-corrected chi connectivity index (χ3v) is 7.18. The lowest BCUT2D eigenvalue weighted by atomic mass is 9.75. The molecule has 2 aliphatic rings. The Balaban J connectivity index is 0.000000587. The molecule has 0 spiro atoms. The highest BCUT2D eigenvalue weighted by atomic mass is 19.4. The van der Waals surface area contributed by atoms with Crippen LogP contribution in [0.3, 0.4) is 0 Å². The summed E-state index contributed by atoms with van der Waals surface area (Å²) in [6, 6.07) is 17.8. The minimum absolute atomic E-state index is 0.0106. The van der Waals surface area contributed by atoms with Gasteiger partial charge in [-0.05, 0) is 55.5 Å². The van der Waals surface area contributed by atoms with E-state index in [0.717, 1.165) is 28.8 Å². The van der Waals surface area contributed by atoms with Crippen molar-refractivity contribution in [3.05, 3.63) is 70.8 Å². The number of piperazine rings is 1. The lowest BCUT2D eigenvalue weighted by Gasteiger charge is -2.40. The molecule has 3 N–H and O–H groups in total. The molecule has 1 heterocycles. The van der Waals surface area contributed by atoms with Gasteiger partial charge in [-0.2, -0.15) is 18.4 Å². The van der Waals surface area contributed by atoms with E-state index in [1.54, 1.807) is 5.48 Å². The van der Waals surface area contributed by atoms with Gasteiger partial charge in [0, 0.05) is 31.9 Å². The van der Waals surface area contributed by atoms with Crippen molar-refractivity contribution in [1.82, 2.24) is 10.4 Å². The molecule has 9 nitrogen and oxygen atoms in total. The predicted octanol–water partition coefficient (Wildman–Crippen LogP) is 4.15. The molecule has 1 saturated carbocycles. The number of alkyl halides is 3. The number of halogens is 3. The Labute approximate surface area is 235 Å². The Kier molecular flexibility index (Phi) is 10.5. The summed E-state index contributed by atoms with van der Waals surface area (Å²) in [5.74, 6) is -4.29. The minimum atomic E-state index is -5.08. The van der Waals surface area contributed by atoms with Crippen LogP contribution in [0.1, 0.15) is 36.0 Å². The third-order valence-electron chi connectivity index (χ3n) is 7.18. The normalized spacial score (nSPS) is 20.0. The molecule has 1 saturated heterocycles. The van der Waals surface area contributed by atoms with Gasteiger partial charge in [0.15, 0.2) is 0 Å². The zero-order chi connectivity index (χ0) is 30.2. The van der Waals surface area contributed by atoms with E-state index in [0.29, 0.717) is 44.6 Å². The smallest absolute Gasteiger partial charge is 0.475 e. The van der Waals surface area contributed by atoms with E-state index in [4.69, 9.17) is 15.2 Å². The van der Waals surface area contributed by atoms with Gasteiger partial charge in [-0.1, -0.05) is 42.0 Å². The van der Waals surface area contributed by atoms with Gasteiger partial charge in [0.25, 0.3) is 0 Å². The lowest BCUT2D eigenvalue weighted by molar-refractivity contribution is -0.192. The Bertz CT molecular complexity index is 1320. The maximum absolute atomic E-state index is 13.4. The minimum Gasteiger partial charge on any atom is -0.475 e. The number of hydroxylamine groups is 1. The number of amides is 2. The van der Waals surface area contributed by atoms with Gasteiger partial charge in [-0.3, -0.25) is 14.8 Å². The van der Waals surface area contributed by atoms with Gasteiger partial charge in [0.2, 0.25) is 11.8 Å². The fourth-order valence-corrected chi connectivity index (χ4v) is 5.12. The van der Waals surface area contributed by atoms with Crippen LogP contribution in [0, 0.1) is 30.1 Å². The van der Waals surface area contributed by atoms with Crippen molar-refractivity contribution in [3.8, 4) is 6.07 Å². The number of rotatable bonds is 4. The van der Waals surface area contributed by atoms with Gasteiger partial charge in [0.05, 0.1) is 23.5 Å². The highest BCUT2D eigenvalue weighted by molar-refractivity contribution is 5.88. The molecule has 0 bridgehead atoms. The number of nitrogens with zero attached hydrogens (tertiary/aromatic N) is 3. The summed E-state index contributed by atoms with van der Waals surface area (Å²) in [6.07, 6.45) is -1.20. The van der Waals surface area contributed by atoms with Crippen LogP contribution in [0.2, 0.25) is 0 Å². The van der Waals surface area contributed by atoms with Crippen LogP contribution in [0.4, 0.5) is 18.9 Å². The number of anilines is 1. The first-order chi connectivity index (χ1) is 19.4. The van der Waals surface area contributed by atoms with Gasteiger partial charge in [0.1, 0.15) is 0 Å². The average Bonchev–Trinajstić information content (AvgIpc) is 2.96. The highest BCUT2D eigenvalue weighted by Crippen LogP contribution is 2.36. The number of nitrogens with one attached hydrogen (secondary N) is 1. The van der Waals surface area contributed by atoms with Gasteiger partial charge in [-0.25, -0.2) is 10.3 Å². The van der Waals surface area contributed by atoms with Gasteiger partial charge >= 0.3 is 12.1 Å². The van der Waals surface area contributed by atoms with E-state index in [1.807, 2.05) is 60.4 Å². The molecule has 1 aliphatic heterocycles. The first-order valence-corrected chi connectivity index (χ1v) is 13.0. The van der Waals surface area contributed by atoms with Crippen molar-refractivity contribution >= 4 is 29.5 Å². The van der Waals surface area contributed by atoms with E-state index < -0.39 is 29.9 Å². The zero-order valence-electron chi connectivity index (χ0n) is 22.4. The predicted molar refractivity (Wildman–Crippen MR) is 144 cm³/mol. The maximum atomic E-state index is 13.4. The quantitative estimate of drug-likeness (QED) is 0.370. The van der Waals surface area contributed by atoms with Crippen LogP contribution in [0.15, 0.2) is 54.1 Å². The second-order valence-corrected chi connectivity index (χ2v) is 9.87. The summed E-state index contributed by atoms with van der Waals surface area (Å²) < 4.78 is 31.7. The molecule has 2 aromatic carbocycles. The Hall–Kier alpha value is -4.37. The number of carboxylic acid groups (broad SMARTS) is 1. The molecule has 2 amide bonds. The van der Waals surface area contributed by atoms with Crippen LogP contribution >= 0.6 is 0 Å². The van der Waals surface area contributed by atoms with E-state index >= 15 is 0 Å². The number of nitriles is 1. The van der Waals surface area contributed by atoms with Crippen LogP contribution in [0.25, 0.3) is 6.08 Å². The Morgan fingerprint density at radius 2 is 1.68 bits per heavy atom. The SMILES string of the molecule is Cc1cc(C#N)ccc1N1CCN(C(=O)[C@H]2CCC(=Cc3ccccc3)C[C@@H]2C(=O)NO)CC1.O=C(O)C(F)(F)F. The molecule has 2 aromatic rings. The largest absolute Gasteiger partial charge is 0.490 e. The van der Waals surface area contributed by atoms with Crippen LogP contribution in [-0.2, 0) is 14.4 Å². The van der Waals surface area contributed by atoms with Gasteiger partial charge < -0.3 is 14.9 Å². The maximum Gasteiger partial charge on any atom is 0.490 e. The summed E-state index contributed by atoms with van der Waals surface area (Å²) in [5, 5.41) is 25.5. The van der Waals surface area contributed by atoms with Crippen LogP contribution < -0.4 is 10.4 Å². The first-order valence-electron chi connectivity index (χ1n) is 13.0. The Morgan fingerprint density at radius 3 is 2.22 bits per heavy atom. The van der Waals surface area contributed by atoms with E-state index in [2.05, 4.69) is 17.0 Å². The van der Waals surface area contributed by atoms with E-state index in [9.17, 15) is 28.0 Å². The monoisotopic (exact) mass is 572 g/mol. The number of carbonyl (C=O) groups excluding carboxylic acids is 2. The topological polar surface area (TPSA) is 134 Å². The van der Waals surface area contributed by atoms with Crippen molar-refractivity contribution in [2.75, 3.05) is 31.1 Å². The van der Waals surface area contributed by atoms with Gasteiger partial charge in [-0.15, -0.1) is 0 Å². The molecule has 2 atom stereocenters. The second kappa shape index (κ2) is 13.8. The number of allylic oxidation sites excluding steroid dienone is 1. The summed E-state index contributed by atoms with van der Waals surface area (Å²) >= 11 is 0. The summed E-state index contributed by atoms with van der Waals surface area (Å²) in [7, 11) is 0. The fraction of sp³-hybridized carbons (Fsp3) is 0.379. The van der Waals surface area contributed by atoms with E-state index in [1.165, 1.54) is 0 Å². The van der Waals surface area contributed by atoms with Crippen molar-refractivity contribution in [3.63, 3.8) is 0 Å². The zero-order valence-corrected chi connectivity index (χ0v) is 22.4. The molecule has 12 heteroatoms. The molecule has 0 unspecified atom stereocenters. The number of aryl methyl sites for hydroxylation is 1. The highest BCUT2D eigenvalue weighted by Gasteiger charge is 2.40. The average molecular weight is 573 g/mol. The molecule has 41 heavy (non-hydrogen) atoms. The lowest BCUT2D eigenvalue weighted by Crippen LogP contribution is -2.53. The number of aliphatic carboxylic acids is 1. The summed E-state index contributed by atoms with van der Waals surface area (Å²) in [4.78, 5) is 38.9. The number of hydrogen-bond acceptors (Lipinski definition) is 6. The number of benzene rings is 2. The van der Waals surface area contributed by atoms with Crippen LogP contribution in [0.5, 0.6) is 0 Å². The molecule has 218 valence electrons. The molecule has 4 rings (SSSR count). The van der Waals surface area contributed by atoms with Crippen molar-refractivity contribution in [2.24, 2.45) is 11.8 Å². The Morgan fingerprint density at radius 1 is 1.05 bits per heavy atom. The molecule has 1 aliphatic carbocycles.